The van der Waals surface area contributed by atoms with Crippen LogP contribution in [0.25, 0.3) is 10.9 Å². The normalized spacial score (nSPS) is 15.5. The molecule has 0 spiro atoms. The number of hydrogen-bond donors (Lipinski definition) is 2. The minimum atomic E-state index is -0.455. The van der Waals surface area contributed by atoms with E-state index in [1.165, 1.54) is 11.6 Å². The summed E-state index contributed by atoms with van der Waals surface area (Å²) in [6.07, 6.45) is 0.690. The van der Waals surface area contributed by atoms with Gasteiger partial charge in [0.15, 0.2) is 0 Å². The highest BCUT2D eigenvalue weighted by molar-refractivity contribution is 5.92. The van der Waals surface area contributed by atoms with Crippen molar-refractivity contribution in [3.8, 4) is 5.75 Å². The summed E-state index contributed by atoms with van der Waals surface area (Å²) >= 11 is 0. The number of ether oxygens (including phenoxy) is 1. The molecule has 2 N–H and O–H groups in total. The number of nitrogens with one attached hydrogen (secondary N) is 2. The number of anilines is 1. The number of fused-ring (bicyclic) bond motifs is 3. The van der Waals surface area contributed by atoms with Crippen molar-refractivity contribution in [3.63, 3.8) is 0 Å². The fourth-order valence-corrected chi connectivity index (χ4v) is 4.46. The molecule has 3 aromatic carbocycles. The molecule has 0 fully saturated rings. The summed E-state index contributed by atoms with van der Waals surface area (Å²) < 4.78 is 19.6. The predicted octanol–water partition coefficient (Wildman–Crippen LogP) is 5.80. The van der Waals surface area contributed by atoms with Gasteiger partial charge in [-0.2, -0.15) is 0 Å². The third-order valence-corrected chi connectivity index (χ3v) is 6.10. The van der Waals surface area contributed by atoms with Crippen molar-refractivity contribution in [3.05, 3.63) is 94.9 Å². The van der Waals surface area contributed by atoms with Crippen LogP contribution in [0.4, 0.5) is 14.9 Å². The first-order valence-electron chi connectivity index (χ1n) is 10.6. The second-order valence-corrected chi connectivity index (χ2v) is 8.10. The monoisotopic (exact) mass is 429 g/mol. The van der Waals surface area contributed by atoms with E-state index >= 15 is 0 Å². The van der Waals surface area contributed by atoms with Gasteiger partial charge in [0.25, 0.3) is 0 Å². The van der Waals surface area contributed by atoms with Gasteiger partial charge in [0.1, 0.15) is 11.6 Å². The lowest BCUT2D eigenvalue weighted by molar-refractivity contribution is 0.193. The Labute approximate surface area is 185 Å². The summed E-state index contributed by atoms with van der Waals surface area (Å²) in [6.45, 7) is 2.55. The van der Waals surface area contributed by atoms with E-state index in [1.807, 2.05) is 49.4 Å². The Morgan fingerprint density at radius 3 is 2.66 bits per heavy atom. The van der Waals surface area contributed by atoms with Crippen LogP contribution in [-0.2, 0) is 6.42 Å². The molecule has 0 unspecified atom stereocenters. The number of urea groups is 1. The molecule has 0 saturated heterocycles. The second kappa shape index (κ2) is 8.04. The van der Waals surface area contributed by atoms with Gasteiger partial charge in [-0.25, -0.2) is 9.18 Å². The Hall–Kier alpha value is -3.80. The number of methoxy groups -OCH3 is 1. The molecule has 0 radical (unpaired) electrons. The zero-order chi connectivity index (χ0) is 22.2. The zero-order valence-electron chi connectivity index (χ0n) is 18.0. The maximum atomic E-state index is 14.2. The molecule has 2 heterocycles. The third kappa shape index (κ3) is 3.47. The highest BCUT2D eigenvalue weighted by Crippen LogP contribution is 2.39. The van der Waals surface area contributed by atoms with Gasteiger partial charge < -0.3 is 19.9 Å². The Bertz CT molecular complexity index is 1300. The molecule has 0 bridgehead atoms. The standard InChI is InChI=1S/C26H24FN3O2/c1-16-7-9-17(10-8-16)25-24-19(20-15-18(32-2)11-12-22(20)28-24)13-14-30(25)26(31)29-23-6-4-3-5-21(23)27/h3-12,15,25,28H,13-14H2,1-2H3,(H,29,31)/t25-/m0/s1. The molecule has 6 heteroatoms. The van der Waals surface area contributed by atoms with Gasteiger partial charge in [0.2, 0.25) is 0 Å². The van der Waals surface area contributed by atoms with Crippen LogP contribution in [0.3, 0.4) is 0 Å². The van der Waals surface area contributed by atoms with Gasteiger partial charge in [-0.15, -0.1) is 0 Å². The van der Waals surface area contributed by atoms with Gasteiger partial charge in [0, 0.05) is 23.1 Å². The smallest absolute Gasteiger partial charge is 0.322 e. The number of benzene rings is 3. The molecule has 1 atom stereocenters. The van der Waals surface area contributed by atoms with Gasteiger partial charge >= 0.3 is 6.03 Å². The van der Waals surface area contributed by atoms with Gasteiger partial charge in [-0.3, -0.25) is 0 Å². The quantitative estimate of drug-likeness (QED) is 0.432. The van der Waals surface area contributed by atoms with Crippen molar-refractivity contribution in [2.45, 2.75) is 19.4 Å². The fraction of sp³-hybridized carbons (Fsp3) is 0.192. The maximum absolute atomic E-state index is 14.2. The van der Waals surface area contributed by atoms with Crippen LogP contribution < -0.4 is 10.1 Å². The molecule has 32 heavy (non-hydrogen) atoms. The van der Waals surface area contributed by atoms with Crippen LogP contribution in [0.15, 0.2) is 66.7 Å². The first kappa shape index (κ1) is 20.1. The molecule has 1 aliphatic heterocycles. The summed E-state index contributed by atoms with van der Waals surface area (Å²) in [5.41, 5.74) is 5.48. The fourth-order valence-electron chi connectivity index (χ4n) is 4.46. The van der Waals surface area contributed by atoms with Crippen LogP contribution in [0.2, 0.25) is 0 Å². The minimum absolute atomic E-state index is 0.173. The Morgan fingerprint density at radius 2 is 1.91 bits per heavy atom. The average Bonchev–Trinajstić information content (AvgIpc) is 3.18. The lowest BCUT2D eigenvalue weighted by Gasteiger charge is -2.36. The number of amides is 2. The molecule has 4 aromatic rings. The van der Waals surface area contributed by atoms with Crippen LogP contribution in [0.1, 0.15) is 28.4 Å². The number of carbonyl (C=O) groups excluding carboxylic acids is 1. The number of para-hydroxylation sites is 1. The molecule has 0 saturated carbocycles. The van der Waals surface area contributed by atoms with E-state index in [0.717, 1.165) is 33.5 Å². The van der Waals surface area contributed by atoms with Crippen molar-refractivity contribution >= 4 is 22.6 Å². The van der Waals surface area contributed by atoms with Gasteiger partial charge in [-0.1, -0.05) is 42.0 Å². The number of H-pyrrole nitrogens is 1. The summed E-state index contributed by atoms with van der Waals surface area (Å²) in [5, 5.41) is 3.85. The molecular formula is C26H24FN3O2. The molecule has 1 aromatic heterocycles. The number of aryl methyl sites for hydroxylation is 1. The number of nitrogens with zero attached hydrogens (tertiary/aromatic N) is 1. The van der Waals surface area contributed by atoms with E-state index in [4.69, 9.17) is 4.74 Å². The SMILES string of the molecule is COc1ccc2[nH]c3c(c2c1)CCN(C(=O)Nc1ccccc1F)[C@H]3c1ccc(C)cc1. The summed E-state index contributed by atoms with van der Waals surface area (Å²) in [4.78, 5) is 18.6. The molecule has 5 rings (SSSR count). The van der Waals surface area contributed by atoms with Crippen molar-refractivity contribution in [1.82, 2.24) is 9.88 Å². The van der Waals surface area contributed by atoms with E-state index in [2.05, 4.69) is 10.3 Å². The largest absolute Gasteiger partial charge is 0.497 e. The molecule has 0 aliphatic carbocycles. The van der Waals surface area contributed by atoms with E-state index in [0.29, 0.717) is 13.0 Å². The summed E-state index contributed by atoms with van der Waals surface area (Å²) in [5.74, 6) is 0.342. The van der Waals surface area contributed by atoms with Crippen LogP contribution >= 0.6 is 0 Å². The number of carbonyl (C=O) groups is 1. The third-order valence-electron chi connectivity index (χ3n) is 6.10. The summed E-state index contributed by atoms with van der Waals surface area (Å²) in [6, 6.07) is 19.7. The average molecular weight is 429 g/mol. The van der Waals surface area contributed by atoms with E-state index in [9.17, 15) is 9.18 Å². The van der Waals surface area contributed by atoms with Crippen molar-refractivity contribution in [2.75, 3.05) is 19.0 Å². The summed E-state index contributed by atoms with van der Waals surface area (Å²) in [7, 11) is 1.66. The van der Waals surface area contributed by atoms with Crippen LogP contribution in [-0.4, -0.2) is 29.6 Å². The van der Waals surface area contributed by atoms with Crippen LogP contribution in [0, 0.1) is 12.7 Å². The van der Waals surface area contributed by atoms with Crippen molar-refractivity contribution < 1.29 is 13.9 Å². The first-order valence-corrected chi connectivity index (χ1v) is 10.6. The van der Waals surface area contributed by atoms with E-state index < -0.39 is 5.82 Å². The van der Waals surface area contributed by atoms with Gasteiger partial charge in [0.05, 0.1) is 18.8 Å². The maximum Gasteiger partial charge on any atom is 0.322 e. The topological polar surface area (TPSA) is 57.4 Å². The number of aromatic nitrogens is 1. The lowest BCUT2D eigenvalue weighted by Crippen LogP contribution is -2.43. The number of aromatic amines is 1. The minimum Gasteiger partial charge on any atom is -0.497 e. The van der Waals surface area contributed by atoms with E-state index in [-0.39, 0.29) is 17.8 Å². The van der Waals surface area contributed by atoms with Crippen molar-refractivity contribution in [2.24, 2.45) is 0 Å². The molecule has 1 aliphatic rings. The Balaban J connectivity index is 1.59. The molecule has 2 amide bonds. The predicted molar refractivity (Wildman–Crippen MR) is 124 cm³/mol. The Kier molecular flexibility index (Phi) is 5.05. The number of rotatable bonds is 3. The highest BCUT2D eigenvalue weighted by atomic mass is 19.1. The van der Waals surface area contributed by atoms with Gasteiger partial charge in [-0.05, 0) is 54.8 Å². The second-order valence-electron chi connectivity index (χ2n) is 8.10. The first-order chi connectivity index (χ1) is 15.5. The van der Waals surface area contributed by atoms with Crippen LogP contribution in [0.5, 0.6) is 5.75 Å². The highest BCUT2D eigenvalue weighted by Gasteiger charge is 2.35. The van der Waals surface area contributed by atoms with Crippen molar-refractivity contribution in [1.29, 1.82) is 0 Å². The molecule has 5 nitrogen and oxygen atoms in total. The number of halogens is 1. The number of hydrogen-bond acceptors (Lipinski definition) is 2. The lowest BCUT2D eigenvalue weighted by atomic mass is 9.92. The molecular weight excluding hydrogens is 405 g/mol. The van der Waals surface area contributed by atoms with E-state index in [1.54, 1.807) is 30.2 Å². The zero-order valence-corrected chi connectivity index (χ0v) is 18.0. The Morgan fingerprint density at radius 1 is 1.12 bits per heavy atom. The molecule has 162 valence electrons.